The molecule has 4 nitrogen and oxygen atoms in total. The molecule has 132 valence electrons. The summed E-state index contributed by atoms with van der Waals surface area (Å²) in [5.41, 5.74) is 5.49. The van der Waals surface area contributed by atoms with Gasteiger partial charge in [-0.15, -0.1) is 0 Å². The van der Waals surface area contributed by atoms with Crippen molar-refractivity contribution in [3.63, 3.8) is 0 Å². The van der Waals surface area contributed by atoms with E-state index in [9.17, 15) is 4.79 Å². The van der Waals surface area contributed by atoms with Crippen LogP contribution in [0.25, 0.3) is 10.9 Å². The topological polar surface area (TPSA) is 54.1 Å². The van der Waals surface area contributed by atoms with Gasteiger partial charge in [-0.05, 0) is 43.4 Å². The summed E-state index contributed by atoms with van der Waals surface area (Å²) >= 11 is 0. The summed E-state index contributed by atoms with van der Waals surface area (Å²) in [4.78, 5) is 16.6. The van der Waals surface area contributed by atoms with Gasteiger partial charge in [-0.2, -0.15) is 0 Å². The van der Waals surface area contributed by atoms with Gasteiger partial charge in [0.2, 0.25) is 0 Å². The van der Waals surface area contributed by atoms with Crippen molar-refractivity contribution in [3.05, 3.63) is 64.8 Å². The first-order chi connectivity index (χ1) is 12.8. The van der Waals surface area contributed by atoms with Crippen LogP contribution in [0, 0.1) is 0 Å². The van der Waals surface area contributed by atoms with Crippen molar-refractivity contribution in [2.45, 2.75) is 38.1 Å². The summed E-state index contributed by atoms with van der Waals surface area (Å²) in [6.45, 7) is 0.628. The third-order valence-corrected chi connectivity index (χ3v) is 5.64. The summed E-state index contributed by atoms with van der Waals surface area (Å²) in [6.07, 6.45) is 5.43. The quantitative estimate of drug-likeness (QED) is 0.727. The fraction of sp³-hybridized carbons (Fsp3) is 0.318. The number of carbonyl (C=O) groups excluding carboxylic acids is 1. The number of aryl methyl sites for hydroxylation is 2. The summed E-state index contributed by atoms with van der Waals surface area (Å²) in [7, 11) is 0. The number of H-pyrrole nitrogens is 1. The molecule has 2 N–H and O–H groups in total. The molecule has 1 atom stereocenters. The highest BCUT2D eigenvalue weighted by Gasteiger charge is 2.25. The Hall–Kier alpha value is -2.75. The van der Waals surface area contributed by atoms with Gasteiger partial charge in [0.15, 0.2) is 0 Å². The van der Waals surface area contributed by atoms with Gasteiger partial charge in [-0.25, -0.2) is 0 Å². The number of rotatable bonds is 2. The third kappa shape index (κ3) is 2.48. The Bertz CT molecular complexity index is 989. The van der Waals surface area contributed by atoms with E-state index >= 15 is 0 Å². The number of hydrogen-bond acceptors (Lipinski definition) is 2. The van der Waals surface area contributed by atoms with Crippen molar-refractivity contribution >= 4 is 16.8 Å². The molecule has 1 amide bonds. The van der Waals surface area contributed by atoms with Crippen molar-refractivity contribution in [3.8, 4) is 5.75 Å². The molecular formula is C22H22N2O2. The summed E-state index contributed by atoms with van der Waals surface area (Å²) in [6, 6.07) is 14.0. The molecule has 0 saturated carbocycles. The van der Waals surface area contributed by atoms with Crippen LogP contribution in [0.2, 0.25) is 0 Å². The zero-order chi connectivity index (χ0) is 17.5. The molecule has 1 aliphatic heterocycles. The van der Waals surface area contributed by atoms with E-state index in [1.54, 1.807) is 0 Å². The molecule has 1 aromatic heterocycles. The molecule has 26 heavy (non-hydrogen) atoms. The average molecular weight is 346 g/mol. The monoisotopic (exact) mass is 346 g/mol. The second-order valence-corrected chi connectivity index (χ2v) is 7.22. The Morgan fingerprint density at radius 3 is 2.92 bits per heavy atom. The molecule has 0 spiro atoms. The van der Waals surface area contributed by atoms with Crippen LogP contribution in [0.15, 0.2) is 42.5 Å². The van der Waals surface area contributed by atoms with E-state index in [0.29, 0.717) is 6.61 Å². The largest absolute Gasteiger partial charge is 0.493 e. The number of fused-ring (bicyclic) bond motifs is 4. The molecule has 3 aromatic rings. The van der Waals surface area contributed by atoms with Gasteiger partial charge in [-0.1, -0.05) is 30.3 Å². The Kier molecular flexibility index (Phi) is 3.70. The first-order valence-corrected chi connectivity index (χ1v) is 9.46. The van der Waals surface area contributed by atoms with Gasteiger partial charge in [0.25, 0.3) is 5.91 Å². The number of para-hydroxylation sites is 2. The minimum Gasteiger partial charge on any atom is -0.493 e. The first kappa shape index (κ1) is 15.5. The van der Waals surface area contributed by atoms with E-state index in [0.717, 1.165) is 41.7 Å². The van der Waals surface area contributed by atoms with E-state index in [-0.39, 0.29) is 11.9 Å². The Balaban J connectivity index is 1.49. The molecule has 2 heterocycles. The van der Waals surface area contributed by atoms with E-state index in [4.69, 9.17) is 4.74 Å². The maximum Gasteiger partial charge on any atom is 0.253 e. The highest BCUT2D eigenvalue weighted by atomic mass is 16.5. The zero-order valence-corrected chi connectivity index (χ0v) is 14.7. The van der Waals surface area contributed by atoms with Crippen molar-refractivity contribution in [1.82, 2.24) is 10.3 Å². The molecule has 0 radical (unpaired) electrons. The molecule has 0 fully saturated rings. The van der Waals surface area contributed by atoms with Gasteiger partial charge >= 0.3 is 0 Å². The summed E-state index contributed by atoms with van der Waals surface area (Å²) in [5.74, 6) is 0.855. The summed E-state index contributed by atoms with van der Waals surface area (Å²) < 4.78 is 5.71. The van der Waals surface area contributed by atoms with Crippen molar-refractivity contribution < 1.29 is 9.53 Å². The Morgan fingerprint density at radius 2 is 1.96 bits per heavy atom. The molecule has 1 aliphatic carbocycles. The lowest BCUT2D eigenvalue weighted by Crippen LogP contribution is -2.32. The number of amides is 1. The molecule has 0 bridgehead atoms. The zero-order valence-electron chi connectivity index (χ0n) is 14.7. The van der Waals surface area contributed by atoms with E-state index < -0.39 is 0 Å². The van der Waals surface area contributed by atoms with Crippen LogP contribution in [-0.4, -0.2) is 17.5 Å². The molecule has 4 heteroatoms. The van der Waals surface area contributed by atoms with Crippen LogP contribution in [0.3, 0.4) is 0 Å². The highest BCUT2D eigenvalue weighted by Crippen LogP contribution is 2.33. The van der Waals surface area contributed by atoms with Crippen LogP contribution < -0.4 is 10.1 Å². The van der Waals surface area contributed by atoms with Crippen molar-refractivity contribution in [2.75, 3.05) is 6.61 Å². The maximum absolute atomic E-state index is 13.1. The predicted octanol–water partition coefficient (Wildman–Crippen LogP) is 4.30. The number of benzene rings is 2. The van der Waals surface area contributed by atoms with Gasteiger partial charge in [0.1, 0.15) is 5.75 Å². The van der Waals surface area contributed by atoms with Crippen molar-refractivity contribution in [1.29, 1.82) is 0 Å². The smallest absolute Gasteiger partial charge is 0.253 e. The van der Waals surface area contributed by atoms with Crippen LogP contribution in [0.1, 0.15) is 52.5 Å². The number of carbonyl (C=O) groups is 1. The van der Waals surface area contributed by atoms with Crippen LogP contribution in [0.4, 0.5) is 0 Å². The minimum absolute atomic E-state index is 0.00714. The van der Waals surface area contributed by atoms with Gasteiger partial charge < -0.3 is 15.0 Å². The molecule has 0 saturated heterocycles. The highest BCUT2D eigenvalue weighted by molar-refractivity contribution is 6.07. The number of nitrogens with one attached hydrogen (secondary N) is 2. The fourth-order valence-electron chi connectivity index (χ4n) is 4.35. The average Bonchev–Trinajstić information content (AvgIpc) is 3.07. The fourth-order valence-corrected chi connectivity index (χ4v) is 4.35. The van der Waals surface area contributed by atoms with Crippen LogP contribution in [0.5, 0.6) is 5.75 Å². The molecule has 0 unspecified atom stereocenters. The number of ether oxygens (including phenoxy) is 1. The second-order valence-electron chi connectivity index (χ2n) is 7.22. The van der Waals surface area contributed by atoms with E-state index in [1.807, 2.05) is 36.4 Å². The Morgan fingerprint density at radius 1 is 1.08 bits per heavy atom. The van der Waals surface area contributed by atoms with E-state index in [2.05, 4.69) is 16.4 Å². The normalized spacial score (nSPS) is 18.7. The lowest BCUT2D eigenvalue weighted by Gasteiger charge is -2.26. The SMILES string of the molecule is O=C(N[C@@H]1CCOc2ccccc21)c1cccc2c3c([nH]c12)CCCC3. The molecule has 2 aliphatic rings. The number of aromatic amines is 1. The van der Waals surface area contributed by atoms with Crippen LogP contribution in [-0.2, 0) is 12.8 Å². The standard InChI is InChI=1S/C22H22N2O2/c25-22(24-19-12-13-26-20-11-4-2-7-16(19)20)17-9-5-8-15-14-6-1-3-10-18(14)23-21(15)17/h2,4-5,7-9,11,19,23H,1,3,6,10,12-13H2,(H,24,25)/t19-/m1/s1. The Labute approximate surface area is 152 Å². The van der Waals surface area contributed by atoms with Crippen LogP contribution >= 0.6 is 0 Å². The van der Waals surface area contributed by atoms with E-state index in [1.165, 1.54) is 29.5 Å². The predicted molar refractivity (Wildman–Crippen MR) is 102 cm³/mol. The molecule has 5 rings (SSSR count). The third-order valence-electron chi connectivity index (χ3n) is 5.64. The van der Waals surface area contributed by atoms with Gasteiger partial charge in [0, 0.05) is 23.1 Å². The van der Waals surface area contributed by atoms with Crippen molar-refractivity contribution in [2.24, 2.45) is 0 Å². The summed E-state index contributed by atoms with van der Waals surface area (Å²) in [5, 5.41) is 4.43. The minimum atomic E-state index is -0.0177. The molecular weight excluding hydrogens is 324 g/mol. The second kappa shape index (κ2) is 6.20. The number of hydrogen-bond donors (Lipinski definition) is 2. The van der Waals surface area contributed by atoms with Gasteiger partial charge in [-0.3, -0.25) is 4.79 Å². The molecule has 2 aromatic carbocycles. The lowest BCUT2D eigenvalue weighted by molar-refractivity contribution is 0.0926. The maximum atomic E-state index is 13.1. The first-order valence-electron chi connectivity index (χ1n) is 9.46. The lowest BCUT2D eigenvalue weighted by atomic mass is 9.95. The number of aromatic nitrogens is 1. The van der Waals surface area contributed by atoms with Gasteiger partial charge in [0.05, 0.1) is 23.7 Å².